The van der Waals surface area contributed by atoms with Crippen LogP contribution in [0.15, 0.2) is 12.1 Å². The first kappa shape index (κ1) is 17.0. The zero-order valence-electron chi connectivity index (χ0n) is 15.4. The smallest absolute Gasteiger partial charge is 0.230 e. The van der Waals surface area contributed by atoms with E-state index in [1.54, 1.807) is 6.07 Å². The number of halogens is 1. The molecule has 6 heteroatoms. The van der Waals surface area contributed by atoms with Crippen molar-refractivity contribution in [2.24, 2.45) is 11.3 Å². The molecule has 2 fully saturated rings. The summed E-state index contributed by atoms with van der Waals surface area (Å²) in [5.74, 6) is -0.318. The zero-order valence-corrected chi connectivity index (χ0v) is 15.4. The number of carbonyl (C=O) groups is 1. The Hall–Kier alpha value is -2.42. The Kier molecular flexibility index (Phi) is 3.62. The van der Waals surface area contributed by atoms with E-state index in [0.29, 0.717) is 11.5 Å². The fourth-order valence-electron chi connectivity index (χ4n) is 3.89. The topological polar surface area (TPSA) is 51.3 Å². The maximum Gasteiger partial charge on any atom is 0.230 e. The number of anilines is 1. The Balaban J connectivity index is 1.81. The van der Waals surface area contributed by atoms with E-state index < -0.39 is 5.82 Å². The number of rotatable bonds is 4. The van der Waals surface area contributed by atoms with Gasteiger partial charge in [-0.1, -0.05) is 13.8 Å². The van der Waals surface area contributed by atoms with Gasteiger partial charge in [-0.05, 0) is 56.6 Å². The van der Waals surface area contributed by atoms with Crippen molar-refractivity contribution in [3.8, 4) is 0 Å². The molecule has 2 aliphatic carbocycles. The first-order chi connectivity index (χ1) is 12.3. The van der Waals surface area contributed by atoms with Crippen molar-refractivity contribution < 1.29 is 9.18 Å². The van der Waals surface area contributed by atoms with E-state index in [0.717, 1.165) is 32.1 Å². The van der Waals surface area contributed by atoms with Crippen molar-refractivity contribution in [3.63, 3.8) is 0 Å². The van der Waals surface area contributed by atoms with Crippen LogP contribution in [0.5, 0.6) is 0 Å². The second-order valence-corrected chi connectivity index (χ2v) is 8.39. The number of hydrogen-bond donors (Lipinski definition) is 1. The molecule has 0 spiro atoms. The summed E-state index contributed by atoms with van der Waals surface area (Å²) in [5, 5.41) is 2.95. The number of imidazole rings is 1. The minimum Gasteiger partial charge on any atom is -0.305 e. The number of aromatic nitrogens is 2. The SMILES string of the molecule is [C-]#[N+]c1cc(F)c2nc(NC(=O)C(C)C3(C)CC3)n(C3(C)CCC3)c2c1. The fraction of sp³-hybridized carbons (Fsp3) is 0.550. The van der Waals surface area contributed by atoms with Crippen LogP contribution in [0.1, 0.15) is 52.9 Å². The predicted octanol–water partition coefficient (Wildman–Crippen LogP) is 5.00. The third-order valence-electron chi connectivity index (χ3n) is 6.51. The average molecular weight is 354 g/mol. The summed E-state index contributed by atoms with van der Waals surface area (Å²) in [4.78, 5) is 20.5. The van der Waals surface area contributed by atoms with Crippen molar-refractivity contribution in [2.45, 2.75) is 58.4 Å². The van der Waals surface area contributed by atoms with Crippen LogP contribution >= 0.6 is 0 Å². The summed E-state index contributed by atoms with van der Waals surface area (Å²) in [6, 6.07) is 2.87. The van der Waals surface area contributed by atoms with E-state index in [-0.39, 0.29) is 34.0 Å². The molecule has 2 saturated carbocycles. The summed E-state index contributed by atoms with van der Waals surface area (Å²) in [6.07, 6.45) is 5.08. The summed E-state index contributed by atoms with van der Waals surface area (Å²) in [5.41, 5.74) is 0.891. The van der Waals surface area contributed by atoms with Gasteiger partial charge in [0.05, 0.1) is 12.1 Å². The van der Waals surface area contributed by atoms with Gasteiger partial charge < -0.3 is 4.57 Å². The maximum absolute atomic E-state index is 14.5. The molecule has 1 heterocycles. The largest absolute Gasteiger partial charge is 0.305 e. The second-order valence-electron chi connectivity index (χ2n) is 8.39. The number of benzene rings is 1. The molecule has 0 radical (unpaired) electrons. The van der Waals surface area contributed by atoms with Crippen LogP contribution in [-0.4, -0.2) is 15.5 Å². The predicted molar refractivity (Wildman–Crippen MR) is 98.6 cm³/mol. The number of amides is 1. The normalized spacial score (nSPS) is 20.9. The Bertz CT molecular complexity index is 947. The number of fused-ring (bicyclic) bond motifs is 1. The van der Waals surface area contributed by atoms with Crippen molar-refractivity contribution in [1.29, 1.82) is 0 Å². The molecule has 1 N–H and O–H groups in total. The van der Waals surface area contributed by atoms with Gasteiger partial charge in [-0.15, -0.1) is 0 Å². The van der Waals surface area contributed by atoms with Crippen LogP contribution in [0.2, 0.25) is 0 Å². The third-order valence-corrected chi connectivity index (χ3v) is 6.51. The molecule has 26 heavy (non-hydrogen) atoms. The second kappa shape index (κ2) is 5.54. The molecule has 4 rings (SSSR count). The first-order valence-electron chi connectivity index (χ1n) is 9.18. The maximum atomic E-state index is 14.5. The van der Waals surface area contributed by atoms with Gasteiger partial charge in [0.25, 0.3) is 0 Å². The number of nitrogens with zero attached hydrogens (tertiary/aromatic N) is 3. The Morgan fingerprint density at radius 2 is 2.04 bits per heavy atom. The highest BCUT2D eigenvalue weighted by Crippen LogP contribution is 2.52. The standard InChI is InChI=1S/C20H23FN4O/c1-12(19(2)8-9-19)17(26)24-18-23-16-14(21)10-13(22-4)11-15(16)25(18)20(3)6-5-7-20/h10-12H,5-9H2,1-3H3,(H,23,24,26). The molecule has 0 aliphatic heterocycles. The van der Waals surface area contributed by atoms with Gasteiger partial charge in [0.15, 0.2) is 5.69 Å². The lowest BCUT2D eigenvalue weighted by Gasteiger charge is -2.41. The molecular weight excluding hydrogens is 331 g/mol. The van der Waals surface area contributed by atoms with E-state index in [9.17, 15) is 9.18 Å². The molecular formula is C20H23FN4O. The van der Waals surface area contributed by atoms with Gasteiger partial charge in [-0.3, -0.25) is 10.1 Å². The van der Waals surface area contributed by atoms with Crippen LogP contribution < -0.4 is 5.32 Å². The molecule has 1 unspecified atom stereocenters. The van der Waals surface area contributed by atoms with Crippen LogP contribution in [-0.2, 0) is 10.3 Å². The van der Waals surface area contributed by atoms with Gasteiger partial charge in [0, 0.05) is 11.5 Å². The zero-order chi connectivity index (χ0) is 18.7. The highest BCUT2D eigenvalue weighted by Gasteiger charge is 2.46. The van der Waals surface area contributed by atoms with Crippen molar-refractivity contribution in [1.82, 2.24) is 9.55 Å². The molecule has 1 aromatic heterocycles. The van der Waals surface area contributed by atoms with Gasteiger partial charge in [-0.25, -0.2) is 14.2 Å². The summed E-state index contributed by atoms with van der Waals surface area (Å²) in [6.45, 7) is 13.4. The molecule has 5 nitrogen and oxygen atoms in total. The quantitative estimate of drug-likeness (QED) is 0.786. The van der Waals surface area contributed by atoms with Crippen LogP contribution in [0, 0.1) is 23.7 Å². The molecule has 1 aromatic carbocycles. The molecule has 0 saturated heterocycles. The lowest BCUT2D eigenvalue weighted by Crippen LogP contribution is -2.39. The minimum absolute atomic E-state index is 0.0593. The number of nitrogens with one attached hydrogen (secondary N) is 1. The first-order valence-corrected chi connectivity index (χ1v) is 9.18. The lowest BCUT2D eigenvalue weighted by atomic mass is 9.78. The summed E-state index contributed by atoms with van der Waals surface area (Å²) >= 11 is 0. The molecule has 2 aliphatic rings. The van der Waals surface area contributed by atoms with Gasteiger partial charge >= 0.3 is 0 Å². The van der Waals surface area contributed by atoms with Gasteiger partial charge in [0.1, 0.15) is 11.3 Å². The molecule has 2 aromatic rings. The van der Waals surface area contributed by atoms with E-state index >= 15 is 0 Å². The van der Waals surface area contributed by atoms with Crippen molar-refractivity contribution in [2.75, 3.05) is 5.32 Å². The van der Waals surface area contributed by atoms with Gasteiger partial charge in [0.2, 0.25) is 11.9 Å². The highest BCUT2D eigenvalue weighted by molar-refractivity contribution is 5.94. The van der Waals surface area contributed by atoms with Crippen LogP contribution in [0.4, 0.5) is 16.0 Å². The monoisotopic (exact) mass is 354 g/mol. The van der Waals surface area contributed by atoms with Crippen LogP contribution in [0.25, 0.3) is 15.9 Å². The average Bonchev–Trinajstić information content (AvgIpc) is 3.22. The highest BCUT2D eigenvalue weighted by atomic mass is 19.1. The van der Waals surface area contributed by atoms with E-state index in [1.165, 1.54) is 6.07 Å². The van der Waals surface area contributed by atoms with Crippen molar-refractivity contribution >= 4 is 28.6 Å². The number of carbonyl (C=O) groups excluding carboxylic acids is 1. The Labute approximate surface area is 152 Å². The number of hydrogen-bond acceptors (Lipinski definition) is 2. The molecule has 1 amide bonds. The molecule has 136 valence electrons. The molecule has 0 bridgehead atoms. The van der Waals surface area contributed by atoms with Crippen LogP contribution in [0.3, 0.4) is 0 Å². The Morgan fingerprint density at radius 3 is 2.58 bits per heavy atom. The summed E-state index contributed by atoms with van der Waals surface area (Å²) < 4.78 is 16.4. The lowest BCUT2D eigenvalue weighted by molar-refractivity contribution is -0.121. The van der Waals surface area contributed by atoms with E-state index in [2.05, 4.69) is 29.0 Å². The third kappa shape index (κ3) is 2.49. The van der Waals surface area contributed by atoms with Crippen molar-refractivity contribution in [3.05, 3.63) is 29.4 Å². The minimum atomic E-state index is -0.520. The molecule has 1 atom stereocenters. The Morgan fingerprint density at radius 1 is 1.35 bits per heavy atom. The van der Waals surface area contributed by atoms with E-state index in [4.69, 9.17) is 6.57 Å². The fourth-order valence-corrected chi connectivity index (χ4v) is 3.89. The summed E-state index contributed by atoms with van der Waals surface area (Å²) in [7, 11) is 0. The van der Waals surface area contributed by atoms with Gasteiger partial charge in [-0.2, -0.15) is 0 Å². The van der Waals surface area contributed by atoms with E-state index in [1.807, 2.05) is 11.5 Å².